The zero-order valence-corrected chi connectivity index (χ0v) is 15.0. The van der Waals surface area contributed by atoms with E-state index in [0.29, 0.717) is 24.2 Å². The molecule has 1 aliphatic heterocycles. The van der Waals surface area contributed by atoms with E-state index in [-0.39, 0.29) is 22.2 Å². The number of carbonyl (C=O) groups excluding carboxylic acids is 1. The molecule has 26 heavy (non-hydrogen) atoms. The maximum atomic E-state index is 12.6. The Balaban J connectivity index is 1.91. The van der Waals surface area contributed by atoms with Crippen LogP contribution in [0, 0.1) is 17.0 Å². The van der Waals surface area contributed by atoms with Gasteiger partial charge in [0.1, 0.15) is 0 Å². The van der Waals surface area contributed by atoms with Gasteiger partial charge in [-0.15, -0.1) is 0 Å². The van der Waals surface area contributed by atoms with E-state index in [0.717, 1.165) is 5.56 Å². The zero-order chi connectivity index (χ0) is 19.1. The minimum absolute atomic E-state index is 0.0462. The molecule has 9 heteroatoms. The number of fused-ring (bicyclic) bond motifs is 1. The van der Waals surface area contributed by atoms with Crippen LogP contribution in [-0.2, 0) is 21.2 Å². The monoisotopic (exact) mass is 375 g/mol. The van der Waals surface area contributed by atoms with Crippen LogP contribution >= 0.6 is 0 Å². The van der Waals surface area contributed by atoms with Crippen LogP contribution in [0.1, 0.15) is 18.1 Å². The molecule has 136 valence electrons. The highest BCUT2D eigenvalue weighted by Crippen LogP contribution is 2.31. The normalized spacial score (nSPS) is 13.4. The summed E-state index contributed by atoms with van der Waals surface area (Å²) < 4.78 is 27.6. The second-order valence-electron chi connectivity index (χ2n) is 6.08. The van der Waals surface area contributed by atoms with E-state index in [2.05, 4.69) is 4.72 Å². The maximum absolute atomic E-state index is 12.6. The minimum atomic E-state index is -3.90. The van der Waals surface area contributed by atoms with Gasteiger partial charge in [0.15, 0.2) is 0 Å². The fourth-order valence-electron chi connectivity index (χ4n) is 2.96. The highest BCUT2D eigenvalue weighted by Gasteiger charge is 2.25. The molecule has 1 aliphatic rings. The lowest BCUT2D eigenvalue weighted by molar-refractivity contribution is -0.385. The molecule has 0 saturated carbocycles. The van der Waals surface area contributed by atoms with Crippen molar-refractivity contribution in [2.24, 2.45) is 0 Å². The summed E-state index contributed by atoms with van der Waals surface area (Å²) in [5, 5.41) is 11.0. The molecule has 1 amide bonds. The summed E-state index contributed by atoms with van der Waals surface area (Å²) in [6, 6.07) is 8.72. The summed E-state index contributed by atoms with van der Waals surface area (Å²) in [5.74, 6) is -0.0931. The Morgan fingerprint density at radius 1 is 1.23 bits per heavy atom. The van der Waals surface area contributed by atoms with Gasteiger partial charge < -0.3 is 4.90 Å². The highest BCUT2D eigenvalue weighted by atomic mass is 32.2. The maximum Gasteiger partial charge on any atom is 0.274 e. The van der Waals surface area contributed by atoms with E-state index in [9.17, 15) is 23.3 Å². The molecule has 0 aromatic heterocycles. The van der Waals surface area contributed by atoms with Crippen LogP contribution in [-0.4, -0.2) is 25.8 Å². The quantitative estimate of drug-likeness (QED) is 0.652. The van der Waals surface area contributed by atoms with E-state index in [1.165, 1.54) is 37.3 Å². The standard InChI is InChI=1S/C17H17N3O5S/c1-11-3-4-14(10-17(11)20(22)23)18-26(24,25)15-5-6-16-13(9-15)7-8-19(16)12(2)21/h3-6,9-10,18H,7-8H2,1-2H3. The molecule has 0 atom stereocenters. The fraction of sp³-hybridized carbons (Fsp3) is 0.235. The van der Waals surface area contributed by atoms with Gasteiger partial charge in [-0.05, 0) is 43.2 Å². The van der Waals surface area contributed by atoms with Crippen molar-refractivity contribution >= 4 is 33.0 Å². The molecule has 0 radical (unpaired) electrons. The molecule has 1 N–H and O–H groups in total. The van der Waals surface area contributed by atoms with Crippen LogP contribution in [0.4, 0.5) is 17.1 Å². The third-order valence-electron chi connectivity index (χ3n) is 4.29. The lowest BCUT2D eigenvalue weighted by atomic mass is 10.2. The summed E-state index contributed by atoms with van der Waals surface area (Å²) in [6.45, 7) is 3.56. The molecule has 1 heterocycles. The third kappa shape index (κ3) is 3.25. The van der Waals surface area contributed by atoms with Crippen molar-refractivity contribution in [1.82, 2.24) is 0 Å². The number of aryl methyl sites for hydroxylation is 1. The summed E-state index contributed by atoms with van der Waals surface area (Å²) in [6.07, 6.45) is 0.578. The number of nitro benzene ring substituents is 1. The Labute approximate surface area is 150 Å². The number of carbonyl (C=O) groups is 1. The van der Waals surface area contributed by atoms with E-state index < -0.39 is 14.9 Å². The van der Waals surface area contributed by atoms with Gasteiger partial charge in [-0.25, -0.2) is 8.42 Å². The molecule has 2 aromatic carbocycles. The van der Waals surface area contributed by atoms with E-state index >= 15 is 0 Å². The lowest BCUT2D eigenvalue weighted by Crippen LogP contribution is -2.25. The first-order valence-electron chi connectivity index (χ1n) is 7.88. The van der Waals surface area contributed by atoms with Gasteiger partial charge in [0.05, 0.1) is 15.5 Å². The van der Waals surface area contributed by atoms with Crippen molar-refractivity contribution in [1.29, 1.82) is 0 Å². The van der Waals surface area contributed by atoms with Crippen LogP contribution in [0.5, 0.6) is 0 Å². The predicted molar refractivity (Wildman–Crippen MR) is 96.8 cm³/mol. The number of hydrogen-bond acceptors (Lipinski definition) is 5. The largest absolute Gasteiger partial charge is 0.312 e. The summed E-state index contributed by atoms with van der Waals surface area (Å²) >= 11 is 0. The van der Waals surface area contributed by atoms with Crippen molar-refractivity contribution in [2.75, 3.05) is 16.2 Å². The number of rotatable bonds is 4. The van der Waals surface area contributed by atoms with Gasteiger partial charge in [-0.1, -0.05) is 6.07 Å². The molecule has 0 saturated heterocycles. The number of amides is 1. The first kappa shape index (κ1) is 17.9. The molecule has 8 nitrogen and oxygen atoms in total. The number of nitrogens with one attached hydrogen (secondary N) is 1. The number of anilines is 2. The van der Waals surface area contributed by atoms with Crippen LogP contribution in [0.3, 0.4) is 0 Å². The second-order valence-corrected chi connectivity index (χ2v) is 7.76. The smallest absolute Gasteiger partial charge is 0.274 e. The summed E-state index contributed by atoms with van der Waals surface area (Å²) in [7, 11) is -3.90. The molecular formula is C17H17N3O5S. The number of hydrogen-bond donors (Lipinski definition) is 1. The SMILES string of the molecule is CC(=O)N1CCc2cc(S(=O)(=O)Nc3ccc(C)c([N+](=O)[O-])c3)ccc21. The van der Waals surface area contributed by atoms with Gasteiger partial charge in [-0.2, -0.15) is 0 Å². The second kappa shape index (κ2) is 6.41. The van der Waals surface area contributed by atoms with Crippen LogP contribution < -0.4 is 9.62 Å². The molecule has 0 spiro atoms. The predicted octanol–water partition coefficient (Wildman–Crippen LogP) is 2.61. The van der Waals surface area contributed by atoms with Gasteiger partial charge in [0, 0.05) is 30.8 Å². The van der Waals surface area contributed by atoms with Crippen LogP contribution in [0.25, 0.3) is 0 Å². The first-order valence-corrected chi connectivity index (χ1v) is 9.36. The summed E-state index contributed by atoms with van der Waals surface area (Å²) in [4.78, 5) is 23.7. The third-order valence-corrected chi connectivity index (χ3v) is 5.67. The molecule has 3 rings (SSSR count). The van der Waals surface area contributed by atoms with Gasteiger partial charge in [0.25, 0.3) is 15.7 Å². The Hall–Kier alpha value is -2.94. The van der Waals surface area contributed by atoms with E-state index in [1.54, 1.807) is 17.9 Å². The van der Waals surface area contributed by atoms with Gasteiger partial charge in [-0.3, -0.25) is 19.6 Å². The summed E-state index contributed by atoms with van der Waals surface area (Å²) in [5.41, 5.74) is 1.89. The van der Waals surface area contributed by atoms with Crippen molar-refractivity contribution in [3.63, 3.8) is 0 Å². The molecule has 0 fully saturated rings. The minimum Gasteiger partial charge on any atom is -0.312 e. The Morgan fingerprint density at radius 2 is 1.96 bits per heavy atom. The number of sulfonamides is 1. The number of nitro groups is 1. The Kier molecular flexibility index (Phi) is 4.41. The average molecular weight is 375 g/mol. The topological polar surface area (TPSA) is 110 Å². The number of benzene rings is 2. The first-order chi connectivity index (χ1) is 12.2. The van der Waals surface area contributed by atoms with Gasteiger partial charge >= 0.3 is 0 Å². The molecule has 0 bridgehead atoms. The Bertz CT molecular complexity index is 1020. The van der Waals surface area contributed by atoms with Crippen molar-refractivity contribution in [3.05, 3.63) is 57.6 Å². The van der Waals surface area contributed by atoms with Crippen molar-refractivity contribution in [3.8, 4) is 0 Å². The lowest BCUT2D eigenvalue weighted by Gasteiger charge is -2.15. The molecular weight excluding hydrogens is 358 g/mol. The molecule has 0 unspecified atom stereocenters. The van der Waals surface area contributed by atoms with E-state index in [1.807, 2.05) is 0 Å². The number of nitrogens with zero attached hydrogens (tertiary/aromatic N) is 2. The molecule has 0 aliphatic carbocycles. The highest BCUT2D eigenvalue weighted by molar-refractivity contribution is 7.92. The van der Waals surface area contributed by atoms with Gasteiger partial charge in [0.2, 0.25) is 5.91 Å². The average Bonchev–Trinajstić information content (AvgIpc) is 2.99. The zero-order valence-electron chi connectivity index (χ0n) is 14.2. The van der Waals surface area contributed by atoms with Crippen molar-refractivity contribution < 1.29 is 18.1 Å². The fourth-order valence-corrected chi connectivity index (χ4v) is 4.06. The Morgan fingerprint density at radius 3 is 2.62 bits per heavy atom. The molecule has 2 aromatic rings. The van der Waals surface area contributed by atoms with Crippen LogP contribution in [0.2, 0.25) is 0 Å². The van der Waals surface area contributed by atoms with Crippen molar-refractivity contribution in [2.45, 2.75) is 25.2 Å². The van der Waals surface area contributed by atoms with E-state index in [4.69, 9.17) is 0 Å². The van der Waals surface area contributed by atoms with Crippen LogP contribution in [0.15, 0.2) is 41.3 Å².